The molecule has 0 fully saturated rings. The second kappa shape index (κ2) is 7.07. The summed E-state index contributed by atoms with van der Waals surface area (Å²) in [6.07, 6.45) is 4.69. The summed E-state index contributed by atoms with van der Waals surface area (Å²) < 4.78 is 0. The molecule has 0 saturated carbocycles. The lowest BCUT2D eigenvalue weighted by atomic mass is 9.99. The molecule has 0 unspecified atom stereocenters. The molecule has 0 aliphatic carbocycles. The Hall–Kier alpha value is -2.30. The number of H-pyrrole nitrogens is 1. The first-order valence-electron chi connectivity index (χ1n) is 8.85. The molecule has 2 heterocycles. The van der Waals surface area contributed by atoms with Crippen LogP contribution < -0.4 is 0 Å². The Bertz CT molecular complexity index is 729. The van der Waals surface area contributed by atoms with E-state index in [-0.39, 0.29) is 5.76 Å². The highest BCUT2D eigenvalue weighted by Gasteiger charge is 2.31. The van der Waals surface area contributed by atoms with E-state index >= 15 is 0 Å². The van der Waals surface area contributed by atoms with Crippen LogP contribution in [0.2, 0.25) is 0 Å². The number of para-hydroxylation sites is 2. The molecule has 3 rings (SSSR count). The van der Waals surface area contributed by atoms with Crippen molar-refractivity contribution >= 4 is 22.4 Å². The third-order valence-corrected chi connectivity index (χ3v) is 4.83. The van der Waals surface area contributed by atoms with E-state index in [4.69, 9.17) is 5.41 Å². The minimum Gasteiger partial charge on any atom is -0.510 e. The van der Waals surface area contributed by atoms with Crippen molar-refractivity contribution in [3.05, 3.63) is 35.8 Å². The number of unbranched alkanes of at least 4 members (excludes halogenated alkanes) is 1. The molecule has 0 amide bonds. The molecule has 5 nitrogen and oxygen atoms in total. The SMILES string of the molecule is CCCC[C@@H](CC)CN1CC(O)=C(c2nc3ccccc3[nH]2)C1=N. The molecule has 3 N–H and O–H groups in total. The highest BCUT2D eigenvalue weighted by Crippen LogP contribution is 2.28. The molecular weight excluding hydrogens is 300 g/mol. The molecule has 1 atom stereocenters. The largest absolute Gasteiger partial charge is 0.510 e. The van der Waals surface area contributed by atoms with Crippen LogP contribution in [0.3, 0.4) is 0 Å². The van der Waals surface area contributed by atoms with Gasteiger partial charge in [0.05, 0.1) is 23.2 Å². The summed E-state index contributed by atoms with van der Waals surface area (Å²) in [7, 11) is 0. The molecule has 0 spiro atoms. The average molecular weight is 326 g/mol. The summed E-state index contributed by atoms with van der Waals surface area (Å²) in [5.74, 6) is 1.77. The van der Waals surface area contributed by atoms with Crippen molar-refractivity contribution in [2.45, 2.75) is 39.5 Å². The first-order valence-corrected chi connectivity index (χ1v) is 8.85. The minimum absolute atomic E-state index is 0.240. The monoisotopic (exact) mass is 326 g/mol. The molecule has 128 valence electrons. The number of amidine groups is 1. The van der Waals surface area contributed by atoms with Gasteiger partial charge in [0.2, 0.25) is 0 Å². The third-order valence-electron chi connectivity index (χ3n) is 4.83. The van der Waals surface area contributed by atoms with E-state index in [2.05, 4.69) is 23.8 Å². The number of benzene rings is 1. The normalized spacial score (nSPS) is 16.4. The van der Waals surface area contributed by atoms with Gasteiger partial charge in [-0.25, -0.2) is 4.98 Å². The van der Waals surface area contributed by atoms with Crippen molar-refractivity contribution in [3.8, 4) is 0 Å². The van der Waals surface area contributed by atoms with Gasteiger partial charge in [0.25, 0.3) is 0 Å². The lowest BCUT2D eigenvalue weighted by Gasteiger charge is -2.24. The highest BCUT2D eigenvalue weighted by atomic mass is 16.3. The first kappa shape index (κ1) is 16.6. The molecule has 2 aromatic rings. The van der Waals surface area contributed by atoms with Crippen molar-refractivity contribution in [2.24, 2.45) is 5.92 Å². The van der Waals surface area contributed by atoms with Gasteiger partial charge in [-0.05, 0) is 24.5 Å². The van der Waals surface area contributed by atoms with Crippen molar-refractivity contribution in [3.63, 3.8) is 0 Å². The number of nitrogens with zero attached hydrogens (tertiary/aromatic N) is 2. The summed E-state index contributed by atoms with van der Waals surface area (Å²) in [5, 5.41) is 18.9. The molecule has 1 aliphatic heterocycles. The Morgan fingerprint density at radius 2 is 2.12 bits per heavy atom. The molecular formula is C19H26N4O. The predicted molar refractivity (Wildman–Crippen MR) is 98.2 cm³/mol. The van der Waals surface area contributed by atoms with Gasteiger partial charge in [-0.2, -0.15) is 0 Å². The molecule has 0 radical (unpaired) electrons. The van der Waals surface area contributed by atoms with Gasteiger partial charge in [-0.15, -0.1) is 0 Å². The van der Waals surface area contributed by atoms with Crippen LogP contribution in [0.4, 0.5) is 0 Å². The van der Waals surface area contributed by atoms with E-state index in [0.717, 1.165) is 24.0 Å². The Kier molecular flexibility index (Phi) is 4.88. The second-order valence-electron chi connectivity index (χ2n) is 6.57. The zero-order valence-corrected chi connectivity index (χ0v) is 14.5. The number of aromatic amines is 1. The van der Waals surface area contributed by atoms with E-state index in [0.29, 0.717) is 29.7 Å². The lowest BCUT2D eigenvalue weighted by Crippen LogP contribution is -2.32. The zero-order valence-electron chi connectivity index (χ0n) is 14.5. The predicted octanol–water partition coefficient (Wildman–Crippen LogP) is 4.34. The topological polar surface area (TPSA) is 76.0 Å². The highest BCUT2D eigenvalue weighted by molar-refractivity contribution is 6.23. The molecule has 0 bridgehead atoms. The van der Waals surface area contributed by atoms with Crippen LogP contribution in [0.5, 0.6) is 0 Å². The van der Waals surface area contributed by atoms with E-state index < -0.39 is 0 Å². The fraction of sp³-hybridized carbons (Fsp3) is 0.474. The maximum Gasteiger partial charge on any atom is 0.145 e. The Morgan fingerprint density at radius 1 is 1.33 bits per heavy atom. The number of aliphatic hydroxyl groups is 1. The maximum absolute atomic E-state index is 10.4. The summed E-state index contributed by atoms with van der Waals surface area (Å²) in [6, 6.07) is 7.77. The molecule has 1 aromatic carbocycles. The molecule has 1 aromatic heterocycles. The van der Waals surface area contributed by atoms with Crippen LogP contribution in [0.25, 0.3) is 16.6 Å². The fourth-order valence-corrected chi connectivity index (χ4v) is 3.34. The molecule has 5 heteroatoms. The number of hydrogen-bond acceptors (Lipinski definition) is 3. The van der Waals surface area contributed by atoms with E-state index in [1.165, 1.54) is 19.3 Å². The van der Waals surface area contributed by atoms with Crippen molar-refractivity contribution < 1.29 is 5.11 Å². The standard InChI is InChI=1S/C19H26N4O/c1-3-5-8-13(4-2)11-23-12-16(24)17(18(23)20)19-21-14-9-6-7-10-15(14)22-19/h6-7,9-10,13,20,24H,3-5,8,11-12H2,1-2H3,(H,21,22)/t13-/m1/s1. The first-order chi connectivity index (χ1) is 11.6. The smallest absolute Gasteiger partial charge is 0.145 e. The minimum atomic E-state index is 0.240. The number of rotatable bonds is 7. The number of fused-ring (bicyclic) bond motifs is 1. The van der Waals surface area contributed by atoms with Crippen LogP contribution in [0.1, 0.15) is 45.4 Å². The van der Waals surface area contributed by atoms with Gasteiger partial charge in [0.15, 0.2) is 0 Å². The summed E-state index contributed by atoms with van der Waals surface area (Å²) in [6.45, 7) is 5.64. The van der Waals surface area contributed by atoms with E-state index in [9.17, 15) is 5.11 Å². The third kappa shape index (κ3) is 3.16. The van der Waals surface area contributed by atoms with E-state index in [1.54, 1.807) is 0 Å². The maximum atomic E-state index is 10.4. The number of aromatic nitrogens is 2. The Morgan fingerprint density at radius 3 is 2.83 bits per heavy atom. The van der Waals surface area contributed by atoms with Gasteiger partial charge >= 0.3 is 0 Å². The van der Waals surface area contributed by atoms with Crippen molar-refractivity contribution in [1.82, 2.24) is 14.9 Å². The summed E-state index contributed by atoms with van der Waals surface area (Å²) in [4.78, 5) is 9.74. The van der Waals surface area contributed by atoms with Crippen molar-refractivity contribution in [2.75, 3.05) is 13.1 Å². The molecule has 24 heavy (non-hydrogen) atoms. The van der Waals surface area contributed by atoms with Gasteiger partial charge in [-0.3, -0.25) is 5.41 Å². The van der Waals surface area contributed by atoms with Gasteiger partial charge in [-0.1, -0.05) is 45.2 Å². The van der Waals surface area contributed by atoms with Gasteiger partial charge < -0.3 is 15.0 Å². The summed E-state index contributed by atoms with van der Waals surface area (Å²) in [5.41, 5.74) is 2.32. The zero-order chi connectivity index (χ0) is 17.1. The quantitative estimate of drug-likeness (QED) is 0.708. The molecule has 1 aliphatic rings. The van der Waals surface area contributed by atoms with Crippen LogP contribution in [0, 0.1) is 11.3 Å². The number of nitrogens with one attached hydrogen (secondary N) is 2. The van der Waals surface area contributed by atoms with Crippen LogP contribution in [0.15, 0.2) is 30.0 Å². The Labute approximate surface area is 142 Å². The van der Waals surface area contributed by atoms with Crippen LogP contribution in [-0.2, 0) is 0 Å². The molecule has 0 saturated heterocycles. The van der Waals surface area contributed by atoms with Gasteiger partial charge in [0, 0.05) is 6.54 Å². The lowest BCUT2D eigenvalue weighted by molar-refractivity contribution is 0.298. The van der Waals surface area contributed by atoms with Crippen LogP contribution in [-0.4, -0.2) is 38.9 Å². The number of imidazole rings is 1. The number of hydrogen-bond donors (Lipinski definition) is 3. The number of aliphatic hydroxyl groups excluding tert-OH is 1. The summed E-state index contributed by atoms with van der Waals surface area (Å²) >= 11 is 0. The van der Waals surface area contributed by atoms with Crippen molar-refractivity contribution in [1.29, 1.82) is 5.41 Å². The van der Waals surface area contributed by atoms with Gasteiger partial charge in [0.1, 0.15) is 17.4 Å². The fourth-order valence-electron chi connectivity index (χ4n) is 3.34. The van der Waals surface area contributed by atoms with Crippen LogP contribution >= 0.6 is 0 Å². The van der Waals surface area contributed by atoms with E-state index in [1.807, 2.05) is 29.2 Å². The Balaban J connectivity index is 1.78. The average Bonchev–Trinajstić information content (AvgIpc) is 3.11. The second-order valence-corrected chi connectivity index (χ2v) is 6.57.